The predicted octanol–water partition coefficient (Wildman–Crippen LogP) is 2.69. The van der Waals surface area contributed by atoms with Gasteiger partial charge in [-0.05, 0) is 5.56 Å². The van der Waals surface area contributed by atoms with E-state index in [0.29, 0.717) is 5.37 Å². The first-order chi connectivity index (χ1) is 6.29. The normalized spacial score (nSPS) is 22.4. The van der Waals surface area contributed by atoms with E-state index >= 15 is 0 Å². The molecule has 1 saturated heterocycles. The molecule has 68 valence electrons. The summed E-state index contributed by atoms with van der Waals surface area (Å²) in [5.41, 5.74) is 1.34. The third kappa shape index (κ3) is 1.71. The van der Waals surface area contributed by atoms with Crippen molar-refractivity contribution in [2.24, 2.45) is 0 Å². The second-order valence-electron chi connectivity index (χ2n) is 3.08. The maximum Gasteiger partial charge on any atom is 0.101 e. The van der Waals surface area contributed by atoms with Crippen LogP contribution >= 0.6 is 24.0 Å². The number of thiocarbonyl (C=S) groups is 1. The van der Waals surface area contributed by atoms with Crippen molar-refractivity contribution in [1.29, 1.82) is 0 Å². The molecule has 1 aromatic carbocycles. The molecule has 1 aliphatic rings. The molecule has 2 rings (SSSR count). The summed E-state index contributed by atoms with van der Waals surface area (Å²) in [5, 5.41) is 0.425. The van der Waals surface area contributed by atoms with E-state index in [1.165, 1.54) is 5.56 Å². The van der Waals surface area contributed by atoms with E-state index in [9.17, 15) is 0 Å². The minimum atomic E-state index is 0.425. The van der Waals surface area contributed by atoms with E-state index in [1.807, 2.05) is 17.8 Å². The first kappa shape index (κ1) is 9.03. The molecule has 0 saturated carbocycles. The van der Waals surface area contributed by atoms with Crippen molar-refractivity contribution in [3.8, 4) is 0 Å². The minimum absolute atomic E-state index is 0.425. The van der Waals surface area contributed by atoms with E-state index < -0.39 is 0 Å². The second kappa shape index (κ2) is 3.68. The van der Waals surface area contributed by atoms with Crippen LogP contribution in [0.25, 0.3) is 0 Å². The molecule has 0 radical (unpaired) electrons. The van der Waals surface area contributed by atoms with Crippen molar-refractivity contribution in [3.05, 3.63) is 35.9 Å². The van der Waals surface area contributed by atoms with Crippen LogP contribution in [0.3, 0.4) is 0 Å². The predicted molar refractivity (Wildman–Crippen MR) is 62.0 cm³/mol. The zero-order valence-electron chi connectivity index (χ0n) is 7.43. The molecule has 1 aromatic rings. The molecule has 0 aliphatic carbocycles. The summed E-state index contributed by atoms with van der Waals surface area (Å²) in [4.78, 5) is 3.23. The summed E-state index contributed by atoms with van der Waals surface area (Å²) in [6.07, 6.45) is 0. The summed E-state index contributed by atoms with van der Waals surface area (Å²) in [6.45, 7) is 0. The zero-order chi connectivity index (χ0) is 9.26. The molecule has 1 aliphatic heterocycles. The molecule has 0 spiro atoms. The molecule has 0 unspecified atom stereocenters. The van der Waals surface area contributed by atoms with Crippen LogP contribution in [-0.4, -0.2) is 22.7 Å². The Kier molecular flexibility index (Phi) is 2.56. The van der Waals surface area contributed by atoms with E-state index in [1.54, 1.807) is 0 Å². The molecule has 13 heavy (non-hydrogen) atoms. The minimum Gasteiger partial charge on any atom is -0.352 e. The highest BCUT2D eigenvalue weighted by molar-refractivity contribution is 8.02. The first-order valence-corrected chi connectivity index (χ1v) is 5.67. The van der Waals surface area contributed by atoms with Gasteiger partial charge in [-0.1, -0.05) is 42.5 Å². The van der Waals surface area contributed by atoms with Gasteiger partial charge in [0, 0.05) is 12.8 Å². The quantitative estimate of drug-likeness (QED) is 0.655. The van der Waals surface area contributed by atoms with Crippen LogP contribution in [0, 0.1) is 0 Å². The SMILES string of the molecule is CN1C(=S)CS[C@@H]1c1ccccc1. The highest BCUT2D eigenvalue weighted by Gasteiger charge is 2.26. The molecule has 1 nitrogen and oxygen atoms in total. The Morgan fingerprint density at radius 2 is 2.08 bits per heavy atom. The van der Waals surface area contributed by atoms with Crippen LogP contribution in [0.5, 0.6) is 0 Å². The van der Waals surface area contributed by atoms with Gasteiger partial charge in [0.1, 0.15) is 5.37 Å². The Bertz CT molecular complexity index is 310. The number of hydrogen-bond donors (Lipinski definition) is 0. The lowest BCUT2D eigenvalue weighted by molar-refractivity contribution is 0.507. The van der Waals surface area contributed by atoms with Crippen LogP contribution < -0.4 is 0 Å². The van der Waals surface area contributed by atoms with Gasteiger partial charge in [0.25, 0.3) is 0 Å². The van der Waals surface area contributed by atoms with Crippen molar-refractivity contribution in [1.82, 2.24) is 4.90 Å². The van der Waals surface area contributed by atoms with Gasteiger partial charge in [0.2, 0.25) is 0 Å². The number of benzene rings is 1. The number of nitrogens with zero attached hydrogens (tertiary/aromatic N) is 1. The van der Waals surface area contributed by atoms with Crippen molar-refractivity contribution in [3.63, 3.8) is 0 Å². The largest absolute Gasteiger partial charge is 0.352 e. The molecule has 0 amide bonds. The number of rotatable bonds is 1. The third-order valence-electron chi connectivity index (χ3n) is 2.19. The van der Waals surface area contributed by atoms with Crippen molar-refractivity contribution >= 4 is 29.0 Å². The van der Waals surface area contributed by atoms with Gasteiger partial charge < -0.3 is 4.90 Å². The van der Waals surface area contributed by atoms with Gasteiger partial charge in [0.05, 0.1) is 4.99 Å². The average Bonchev–Trinajstić information content (AvgIpc) is 2.49. The zero-order valence-corrected chi connectivity index (χ0v) is 9.07. The van der Waals surface area contributed by atoms with E-state index in [4.69, 9.17) is 12.2 Å². The summed E-state index contributed by atoms with van der Waals surface area (Å²) < 4.78 is 0. The summed E-state index contributed by atoms with van der Waals surface area (Å²) in [7, 11) is 2.07. The van der Waals surface area contributed by atoms with Crippen molar-refractivity contribution in [2.45, 2.75) is 5.37 Å². The fraction of sp³-hybridized carbons (Fsp3) is 0.300. The lowest BCUT2D eigenvalue weighted by atomic mass is 10.2. The standard InChI is InChI=1S/C10H11NS2/c1-11-9(12)7-13-10(11)8-5-3-2-4-6-8/h2-6,10H,7H2,1H3/t10-/m1/s1. The van der Waals surface area contributed by atoms with E-state index in [2.05, 4.69) is 36.2 Å². The molecule has 1 atom stereocenters. The lowest BCUT2D eigenvalue weighted by Gasteiger charge is -2.20. The van der Waals surface area contributed by atoms with E-state index in [0.717, 1.165) is 10.7 Å². The number of hydrogen-bond acceptors (Lipinski definition) is 2. The van der Waals surface area contributed by atoms with Crippen molar-refractivity contribution in [2.75, 3.05) is 12.8 Å². The van der Waals surface area contributed by atoms with Crippen LogP contribution in [-0.2, 0) is 0 Å². The Balaban J connectivity index is 2.24. The molecule has 0 bridgehead atoms. The first-order valence-electron chi connectivity index (χ1n) is 4.21. The van der Waals surface area contributed by atoms with Crippen molar-refractivity contribution < 1.29 is 0 Å². The lowest BCUT2D eigenvalue weighted by Crippen LogP contribution is -2.21. The van der Waals surface area contributed by atoms with Crippen LogP contribution in [0.4, 0.5) is 0 Å². The summed E-state index contributed by atoms with van der Waals surface area (Å²) >= 11 is 7.12. The van der Waals surface area contributed by atoms with Gasteiger partial charge in [-0.2, -0.15) is 0 Å². The smallest absolute Gasteiger partial charge is 0.101 e. The fourth-order valence-corrected chi connectivity index (χ4v) is 3.01. The van der Waals surface area contributed by atoms with Gasteiger partial charge in [-0.15, -0.1) is 11.8 Å². The molecule has 1 fully saturated rings. The summed E-state index contributed by atoms with van der Waals surface area (Å²) in [5.74, 6) is 0.978. The molecular formula is C10H11NS2. The Labute approximate surface area is 88.1 Å². The van der Waals surface area contributed by atoms with E-state index in [-0.39, 0.29) is 0 Å². The van der Waals surface area contributed by atoms with Gasteiger partial charge >= 0.3 is 0 Å². The molecule has 0 N–H and O–H groups in total. The molecule has 3 heteroatoms. The van der Waals surface area contributed by atoms with Crippen LogP contribution in [0.15, 0.2) is 30.3 Å². The Hall–Kier alpha value is -0.540. The molecule has 1 heterocycles. The van der Waals surface area contributed by atoms with Crippen LogP contribution in [0.1, 0.15) is 10.9 Å². The second-order valence-corrected chi connectivity index (χ2v) is 4.62. The Morgan fingerprint density at radius 1 is 1.38 bits per heavy atom. The monoisotopic (exact) mass is 209 g/mol. The average molecular weight is 209 g/mol. The highest BCUT2D eigenvalue weighted by Crippen LogP contribution is 2.37. The molecular weight excluding hydrogens is 198 g/mol. The maximum atomic E-state index is 5.22. The third-order valence-corrected chi connectivity index (χ3v) is 4.15. The Morgan fingerprint density at radius 3 is 2.62 bits per heavy atom. The van der Waals surface area contributed by atoms with Gasteiger partial charge in [-0.3, -0.25) is 0 Å². The molecule has 0 aromatic heterocycles. The van der Waals surface area contributed by atoms with Gasteiger partial charge in [0.15, 0.2) is 0 Å². The topological polar surface area (TPSA) is 3.24 Å². The van der Waals surface area contributed by atoms with Gasteiger partial charge in [-0.25, -0.2) is 0 Å². The summed E-state index contributed by atoms with van der Waals surface area (Å²) in [6, 6.07) is 10.5. The number of thioether (sulfide) groups is 1. The maximum absolute atomic E-state index is 5.22. The van der Waals surface area contributed by atoms with Crippen LogP contribution in [0.2, 0.25) is 0 Å². The highest BCUT2D eigenvalue weighted by atomic mass is 32.2. The fourth-order valence-electron chi connectivity index (χ4n) is 1.43.